The molecule has 0 aliphatic heterocycles. The molecule has 1 aromatic carbocycles. The van der Waals surface area contributed by atoms with Crippen molar-refractivity contribution >= 4 is 34.2 Å². The predicted octanol–water partition coefficient (Wildman–Crippen LogP) is 5.07. The third kappa shape index (κ3) is 5.54. The smallest absolute Gasteiger partial charge is 0.294 e. The quantitative estimate of drug-likeness (QED) is 0.213. The zero-order valence-electron chi connectivity index (χ0n) is 23.1. The van der Waals surface area contributed by atoms with Gasteiger partial charge in [0.05, 0.1) is 35.3 Å². The van der Waals surface area contributed by atoms with E-state index in [0.29, 0.717) is 41.5 Å². The molecular weight excluding hydrogens is 522 g/mol. The zero-order valence-corrected chi connectivity index (χ0v) is 23.1. The Hall–Kier alpha value is -4.65. The first kappa shape index (κ1) is 28.4. The maximum atomic E-state index is 15.0. The van der Waals surface area contributed by atoms with Crippen LogP contribution in [0.15, 0.2) is 37.2 Å². The maximum absolute atomic E-state index is 15.0. The Balaban J connectivity index is 1.76. The van der Waals surface area contributed by atoms with Crippen LogP contribution in [0.1, 0.15) is 18.3 Å². The number of hydrogen-bond donors (Lipinski definition) is 1. The number of nitro benzene ring substituents is 1. The molecule has 0 bridgehead atoms. The molecule has 13 heteroatoms. The summed E-state index contributed by atoms with van der Waals surface area (Å²) in [6.45, 7) is 8.66. The molecule has 0 saturated carbocycles. The molecule has 0 aliphatic carbocycles. The van der Waals surface area contributed by atoms with Crippen molar-refractivity contribution in [3.8, 4) is 17.0 Å². The van der Waals surface area contributed by atoms with Crippen LogP contribution in [-0.2, 0) is 0 Å². The molecule has 0 spiro atoms. The molecule has 0 fully saturated rings. The van der Waals surface area contributed by atoms with Gasteiger partial charge in [-0.3, -0.25) is 14.5 Å². The first-order chi connectivity index (χ1) is 18.9. The van der Waals surface area contributed by atoms with Crippen LogP contribution < -0.4 is 15.0 Å². The Kier molecular flexibility index (Phi) is 7.96. The topological polar surface area (TPSA) is 114 Å². The molecule has 3 heterocycles. The second-order valence-electron chi connectivity index (χ2n) is 9.63. The van der Waals surface area contributed by atoms with E-state index < -0.39 is 16.6 Å². The summed E-state index contributed by atoms with van der Waals surface area (Å²) in [7, 11) is 7.01. The van der Waals surface area contributed by atoms with E-state index >= 15 is 4.39 Å². The largest absolute Gasteiger partial charge is 0.494 e. The molecular formula is C27H30F2N8O3. The molecule has 0 atom stereocenters. The standard InChI is InChI=1S/C27H30F2N8O3/c1-15(2)25-16(3)31-26-18(28)10-17(14-36(25)26)24-19(29)13-30-27(33-24)32-20-11-22(37(38)39)21(12-23(20)40-7)35(6)9-8-34(4)5/h10-14H,1,8-9H2,2-7H3,(H,30,32,33). The van der Waals surface area contributed by atoms with E-state index in [4.69, 9.17) is 4.74 Å². The number of aryl methyl sites for hydroxylation is 1. The summed E-state index contributed by atoms with van der Waals surface area (Å²) in [4.78, 5) is 27.7. The van der Waals surface area contributed by atoms with Crippen LogP contribution >= 0.6 is 0 Å². The van der Waals surface area contributed by atoms with Crippen molar-refractivity contribution in [3.05, 3.63) is 70.3 Å². The molecule has 0 radical (unpaired) electrons. The number of methoxy groups -OCH3 is 1. The summed E-state index contributed by atoms with van der Waals surface area (Å²) in [5, 5.41) is 14.8. The van der Waals surface area contributed by atoms with Gasteiger partial charge in [-0.2, -0.15) is 0 Å². The van der Waals surface area contributed by atoms with Crippen LogP contribution in [0.25, 0.3) is 22.5 Å². The normalized spacial score (nSPS) is 11.2. The monoisotopic (exact) mass is 552 g/mol. The third-order valence-electron chi connectivity index (χ3n) is 6.30. The van der Waals surface area contributed by atoms with Crippen molar-refractivity contribution in [1.29, 1.82) is 0 Å². The highest BCUT2D eigenvalue weighted by atomic mass is 19.1. The number of likely N-dealkylation sites (N-methyl/N-ethyl adjacent to an activating group) is 2. The predicted molar refractivity (Wildman–Crippen MR) is 150 cm³/mol. The number of halogens is 2. The Morgan fingerprint density at radius 2 is 1.90 bits per heavy atom. The van der Waals surface area contributed by atoms with E-state index in [-0.39, 0.29) is 34.2 Å². The summed E-state index contributed by atoms with van der Waals surface area (Å²) < 4.78 is 36.9. The maximum Gasteiger partial charge on any atom is 0.294 e. The molecule has 3 aromatic heterocycles. The second-order valence-corrected chi connectivity index (χ2v) is 9.63. The van der Waals surface area contributed by atoms with Crippen molar-refractivity contribution in [2.24, 2.45) is 0 Å². The average molecular weight is 553 g/mol. The van der Waals surface area contributed by atoms with E-state index in [1.165, 1.54) is 23.8 Å². The van der Waals surface area contributed by atoms with Crippen molar-refractivity contribution in [1.82, 2.24) is 24.3 Å². The highest BCUT2D eigenvalue weighted by molar-refractivity contribution is 5.77. The molecule has 4 rings (SSSR count). The highest BCUT2D eigenvalue weighted by Gasteiger charge is 2.23. The summed E-state index contributed by atoms with van der Waals surface area (Å²) in [6.07, 6.45) is 2.47. The fourth-order valence-electron chi connectivity index (χ4n) is 4.36. The highest BCUT2D eigenvalue weighted by Crippen LogP contribution is 2.39. The van der Waals surface area contributed by atoms with Crippen LogP contribution in [0.3, 0.4) is 0 Å². The van der Waals surface area contributed by atoms with Crippen LogP contribution in [0, 0.1) is 28.7 Å². The number of pyridine rings is 1. The number of benzene rings is 1. The fraction of sp³-hybridized carbons (Fsp3) is 0.296. The van der Waals surface area contributed by atoms with E-state index in [1.807, 2.05) is 19.0 Å². The van der Waals surface area contributed by atoms with Crippen molar-refractivity contribution < 1.29 is 18.4 Å². The van der Waals surface area contributed by atoms with Gasteiger partial charge in [0.1, 0.15) is 17.1 Å². The minimum atomic E-state index is -0.783. The van der Waals surface area contributed by atoms with Crippen LogP contribution in [0.2, 0.25) is 0 Å². The number of rotatable bonds is 10. The number of hydrogen-bond acceptors (Lipinski definition) is 9. The van der Waals surface area contributed by atoms with Crippen molar-refractivity contribution in [3.63, 3.8) is 0 Å². The number of aromatic nitrogens is 4. The second kappa shape index (κ2) is 11.2. The average Bonchev–Trinajstić information content (AvgIpc) is 3.24. The van der Waals surface area contributed by atoms with E-state index in [0.717, 1.165) is 12.3 Å². The lowest BCUT2D eigenvalue weighted by atomic mass is 10.1. The first-order valence-corrected chi connectivity index (χ1v) is 12.3. The molecule has 0 aliphatic rings. The number of fused-ring (bicyclic) bond motifs is 1. The molecule has 0 amide bonds. The van der Waals surface area contributed by atoms with Gasteiger partial charge in [0.25, 0.3) is 5.69 Å². The van der Waals surface area contributed by atoms with Gasteiger partial charge < -0.3 is 19.9 Å². The number of nitrogens with one attached hydrogen (secondary N) is 1. The lowest BCUT2D eigenvalue weighted by Crippen LogP contribution is -2.28. The number of nitro groups is 1. The van der Waals surface area contributed by atoms with Gasteiger partial charge in [0.15, 0.2) is 17.3 Å². The Morgan fingerprint density at radius 1 is 1.18 bits per heavy atom. The Morgan fingerprint density at radius 3 is 2.52 bits per heavy atom. The summed E-state index contributed by atoms with van der Waals surface area (Å²) in [5.41, 5.74) is 2.30. The Labute approximate surface area is 229 Å². The molecule has 1 N–H and O–H groups in total. The minimum absolute atomic E-state index is 0.0693. The lowest BCUT2D eigenvalue weighted by Gasteiger charge is -2.22. The van der Waals surface area contributed by atoms with E-state index in [9.17, 15) is 14.5 Å². The summed E-state index contributed by atoms with van der Waals surface area (Å²) in [5.74, 6) is -1.22. The number of anilines is 3. The van der Waals surface area contributed by atoms with Crippen LogP contribution in [0.4, 0.5) is 31.8 Å². The molecule has 4 aromatic rings. The van der Waals surface area contributed by atoms with Gasteiger partial charge in [-0.25, -0.2) is 23.7 Å². The van der Waals surface area contributed by atoms with Gasteiger partial charge >= 0.3 is 0 Å². The number of ether oxygens (including phenoxy) is 1. The molecule has 210 valence electrons. The molecule has 0 saturated heterocycles. The number of allylic oxidation sites excluding steroid dienone is 1. The Bertz CT molecular complexity index is 1620. The van der Waals surface area contributed by atoms with Crippen molar-refractivity contribution in [2.75, 3.05) is 51.6 Å². The van der Waals surface area contributed by atoms with Gasteiger partial charge in [-0.05, 0) is 39.6 Å². The molecule has 0 unspecified atom stereocenters. The SMILES string of the molecule is C=C(C)c1c(C)nc2c(F)cc(-c3nc(Nc4cc([N+](=O)[O-])c(N(C)CCN(C)C)cc4OC)ncc3F)cn12. The van der Waals surface area contributed by atoms with Gasteiger partial charge in [0.2, 0.25) is 5.95 Å². The van der Waals surface area contributed by atoms with Crippen LogP contribution in [0.5, 0.6) is 5.75 Å². The van der Waals surface area contributed by atoms with Crippen LogP contribution in [-0.4, -0.2) is 70.5 Å². The van der Waals surface area contributed by atoms with E-state index in [2.05, 4.69) is 26.8 Å². The minimum Gasteiger partial charge on any atom is -0.494 e. The molecule has 11 nitrogen and oxygen atoms in total. The summed E-state index contributed by atoms with van der Waals surface area (Å²) >= 11 is 0. The van der Waals surface area contributed by atoms with Gasteiger partial charge in [-0.15, -0.1) is 0 Å². The third-order valence-corrected chi connectivity index (χ3v) is 6.30. The number of imidazole rings is 1. The number of nitrogens with zero attached hydrogens (tertiary/aromatic N) is 7. The fourth-order valence-corrected chi connectivity index (χ4v) is 4.36. The van der Waals surface area contributed by atoms with E-state index in [1.54, 1.807) is 31.9 Å². The zero-order chi connectivity index (χ0) is 29.3. The van der Waals surface area contributed by atoms with Crippen molar-refractivity contribution in [2.45, 2.75) is 13.8 Å². The molecule has 40 heavy (non-hydrogen) atoms. The summed E-state index contributed by atoms with van der Waals surface area (Å²) in [6, 6.07) is 4.00. The van der Waals surface area contributed by atoms with Gasteiger partial charge in [-0.1, -0.05) is 6.58 Å². The van der Waals surface area contributed by atoms with Gasteiger partial charge in [0, 0.05) is 44.0 Å². The lowest BCUT2D eigenvalue weighted by molar-refractivity contribution is -0.384. The first-order valence-electron chi connectivity index (χ1n) is 12.3.